The maximum Gasteiger partial charge on any atom is 0.262 e. The number of carbonyl (C=O) groups excluding carboxylic acids is 3. The maximum absolute atomic E-state index is 13.4. The Hall–Kier alpha value is -2.67. The lowest BCUT2D eigenvalue weighted by Gasteiger charge is -2.38. The van der Waals surface area contributed by atoms with Gasteiger partial charge < -0.3 is 15.1 Å². The van der Waals surface area contributed by atoms with Gasteiger partial charge in [0, 0.05) is 31.7 Å². The van der Waals surface area contributed by atoms with Gasteiger partial charge in [-0.3, -0.25) is 14.4 Å². The molecule has 1 atom stereocenters. The molecule has 3 heterocycles. The van der Waals surface area contributed by atoms with Gasteiger partial charge in [-0.2, -0.15) is 0 Å². The van der Waals surface area contributed by atoms with Gasteiger partial charge >= 0.3 is 0 Å². The number of nitrogens with one attached hydrogen (secondary N) is 1. The monoisotopic (exact) mass is 453 g/mol. The van der Waals surface area contributed by atoms with E-state index < -0.39 is 6.04 Å². The van der Waals surface area contributed by atoms with E-state index in [2.05, 4.69) is 5.32 Å². The maximum atomic E-state index is 13.4. The minimum Gasteiger partial charge on any atom is -0.341 e. The zero-order chi connectivity index (χ0) is 22.5. The van der Waals surface area contributed by atoms with Crippen molar-refractivity contribution in [3.8, 4) is 0 Å². The van der Waals surface area contributed by atoms with Gasteiger partial charge in [0.2, 0.25) is 5.91 Å². The fourth-order valence-corrected chi connectivity index (χ4v) is 5.34. The first-order chi connectivity index (χ1) is 15.5. The van der Waals surface area contributed by atoms with Crippen molar-refractivity contribution in [3.05, 3.63) is 57.8 Å². The average Bonchev–Trinajstić information content (AvgIpc) is 3.37. The van der Waals surface area contributed by atoms with Gasteiger partial charge in [-0.15, -0.1) is 11.3 Å². The molecule has 2 aromatic rings. The molecule has 0 unspecified atom stereocenters. The number of aryl methyl sites for hydroxylation is 1. The summed E-state index contributed by atoms with van der Waals surface area (Å²) >= 11 is 1.38. The first-order valence-corrected chi connectivity index (χ1v) is 12.4. The van der Waals surface area contributed by atoms with Crippen LogP contribution in [0.3, 0.4) is 0 Å². The summed E-state index contributed by atoms with van der Waals surface area (Å²) in [5, 5.41) is 4.91. The highest BCUT2D eigenvalue weighted by atomic mass is 32.1. The number of nitrogens with zero attached hydrogens (tertiary/aromatic N) is 2. The second-order valence-electron chi connectivity index (χ2n) is 8.81. The lowest BCUT2D eigenvalue weighted by Crippen LogP contribution is -2.55. The summed E-state index contributed by atoms with van der Waals surface area (Å²) in [5.74, 6) is -0.102. The summed E-state index contributed by atoms with van der Waals surface area (Å²) < 4.78 is 0. The predicted octanol–water partition coefficient (Wildman–Crippen LogP) is 3.72. The summed E-state index contributed by atoms with van der Waals surface area (Å²) in [5.41, 5.74) is 1.77. The molecule has 170 valence electrons. The van der Waals surface area contributed by atoms with Crippen LogP contribution in [0.2, 0.25) is 0 Å². The van der Waals surface area contributed by atoms with Crippen LogP contribution in [0.15, 0.2) is 41.8 Å². The zero-order valence-corrected chi connectivity index (χ0v) is 19.4. The molecule has 6 nitrogen and oxygen atoms in total. The van der Waals surface area contributed by atoms with Crippen LogP contribution in [0, 0.1) is 12.8 Å². The summed E-state index contributed by atoms with van der Waals surface area (Å²) in [6.07, 6.45) is 4.58. The van der Waals surface area contributed by atoms with Crippen molar-refractivity contribution < 1.29 is 14.4 Å². The van der Waals surface area contributed by atoms with Crippen molar-refractivity contribution in [3.63, 3.8) is 0 Å². The third-order valence-electron chi connectivity index (χ3n) is 6.53. The van der Waals surface area contributed by atoms with E-state index in [0.29, 0.717) is 36.4 Å². The first kappa shape index (κ1) is 22.5. The molecule has 1 aromatic carbocycles. The van der Waals surface area contributed by atoms with Crippen molar-refractivity contribution in [1.29, 1.82) is 0 Å². The van der Waals surface area contributed by atoms with Gasteiger partial charge in [-0.1, -0.05) is 23.8 Å². The fraction of sp³-hybridized carbons (Fsp3) is 0.480. The van der Waals surface area contributed by atoms with Gasteiger partial charge in [-0.05, 0) is 68.5 Å². The molecule has 2 aliphatic rings. The fourth-order valence-electron chi connectivity index (χ4n) is 4.71. The van der Waals surface area contributed by atoms with Gasteiger partial charge in [0.15, 0.2) is 0 Å². The molecule has 2 aliphatic heterocycles. The molecule has 0 bridgehead atoms. The Kier molecular flexibility index (Phi) is 7.25. The molecule has 7 heteroatoms. The molecular formula is C25H31N3O3S. The van der Waals surface area contributed by atoms with E-state index in [-0.39, 0.29) is 23.6 Å². The Labute approximate surface area is 193 Å². The van der Waals surface area contributed by atoms with E-state index >= 15 is 0 Å². The molecule has 0 aliphatic carbocycles. The average molecular weight is 454 g/mol. The van der Waals surface area contributed by atoms with Crippen LogP contribution < -0.4 is 5.32 Å². The number of likely N-dealkylation sites (tertiary alicyclic amines) is 2. The molecule has 4 rings (SSSR count). The number of benzene rings is 1. The Balaban J connectivity index is 1.44. The van der Waals surface area contributed by atoms with Crippen molar-refractivity contribution in [2.45, 2.75) is 45.1 Å². The minimum atomic E-state index is -0.543. The van der Waals surface area contributed by atoms with Crippen LogP contribution in [0.5, 0.6) is 0 Å². The third-order valence-corrected chi connectivity index (χ3v) is 7.40. The van der Waals surface area contributed by atoms with Gasteiger partial charge in [-0.25, -0.2) is 0 Å². The second-order valence-corrected chi connectivity index (χ2v) is 9.76. The molecule has 1 N–H and O–H groups in total. The third kappa shape index (κ3) is 5.21. The Morgan fingerprint density at radius 1 is 0.969 bits per heavy atom. The smallest absolute Gasteiger partial charge is 0.262 e. The zero-order valence-electron chi connectivity index (χ0n) is 18.6. The summed E-state index contributed by atoms with van der Waals surface area (Å²) in [7, 11) is 0. The number of thiophene rings is 1. The number of hydrogen-bond acceptors (Lipinski definition) is 4. The van der Waals surface area contributed by atoms with Gasteiger partial charge in [0.25, 0.3) is 11.8 Å². The van der Waals surface area contributed by atoms with E-state index in [1.165, 1.54) is 11.3 Å². The van der Waals surface area contributed by atoms with Crippen LogP contribution in [0.25, 0.3) is 0 Å². The number of amides is 3. The van der Waals surface area contributed by atoms with Crippen LogP contribution in [-0.2, 0) is 4.79 Å². The highest BCUT2D eigenvalue weighted by Gasteiger charge is 2.36. The topological polar surface area (TPSA) is 69.7 Å². The van der Waals surface area contributed by atoms with Crippen molar-refractivity contribution in [1.82, 2.24) is 15.1 Å². The summed E-state index contributed by atoms with van der Waals surface area (Å²) in [6, 6.07) is 10.7. The van der Waals surface area contributed by atoms with Gasteiger partial charge in [0.05, 0.1) is 4.88 Å². The molecule has 32 heavy (non-hydrogen) atoms. The Morgan fingerprint density at radius 2 is 1.72 bits per heavy atom. The Morgan fingerprint density at radius 3 is 2.38 bits per heavy atom. The number of piperidine rings is 2. The summed E-state index contributed by atoms with van der Waals surface area (Å²) in [6.45, 7) is 4.69. The van der Waals surface area contributed by atoms with E-state index in [0.717, 1.165) is 37.9 Å². The van der Waals surface area contributed by atoms with Crippen molar-refractivity contribution in [2.24, 2.45) is 5.92 Å². The standard InChI is InChI=1S/C25H31N3O3S/c1-18-7-5-8-20(17-18)24(30)28-14-10-19(11-15-28)22(25(31)27-12-3-2-4-13-27)26-23(29)21-9-6-16-32-21/h5-9,16-17,19,22H,2-4,10-15H2,1H3,(H,26,29)/t22-/m0/s1. The molecule has 2 saturated heterocycles. The molecule has 0 radical (unpaired) electrons. The number of carbonyl (C=O) groups is 3. The van der Waals surface area contributed by atoms with Crippen molar-refractivity contribution >= 4 is 29.1 Å². The molecule has 0 spiro atoms. The molecule has 0 saturated carbocycles. The van der Waals surface area contributed by atoms with E-state index in [1.807, 2.05) is 52.4 Å². The van der Waals surface area contributed by atoms with Crippen LogP contribution in [0.1, 0.15) is 57.7 Å². The SMILES string of the molecule is Cc1cccc(C(=O)N2CCC([C@H](NC(=O)c3cccs3)C(=O)N3CCCCC3)CC2)c1. The van der Waals surface area contributed by atoms with E-state index in [4.69, 9.17) is 0 Å². The molecule has 2 fully saturated rings. The van der Waals surface area contributed by atoms with E-state index in [1.54, 1.807) is 6.07 Å². The number of rotatable bonds is 5. The first-order valence-electron chi connectivity index (χ1n) is 11.5. The highest BCUT2D eigenvalue weighted by molar-refractivity contribution is 7.12. The van der Waals surface area contributed by atoms with E-state index in [9.17, 15) is 14.4 Å². The highest BCUT2D eigenvalue weighted by Crippen LogP contribution is 2.25. The summed E-state index contributed by atoms with van der Waals surface area (Å²) in [4.78, 5) is 43.5. The van der Waals surface area contributed by atoms with Crippen molar-refractivity contribution in [2.75, 3.05) is 26.2 Å². The lowest BCUT2D eigenvalue weighted by atomic mass is 9.87. The Bertz CT molecular complexity index is 945. The van der Waals surface area contributed by atoms with Crippen LogP contribution in [-0.4, -0.2) is 59.7 Å². The molecule has 3 amide bonds. The van der Waals surface area contributed by atoms with Crippen LogP contribution >= 0.6 is 11.3 Å². The largest absolute Gasteiger partial charge is 0.341 e. The minimum absolute atomic E-state index is 0.0231. The van der Waals surface area contributed by atoms with Gasteiger partial charge in [0.1, 0.15) is 6.04 Å². The lowest BCUT2D eigenvalue weighted by molar-refractivity contribution is -0.136. The molecular weight excluding hydrogens is 422 g/mol. The number of hydrogen-bond donors (Lipinski definition) is 1. The normalized spacial score (nSPS) is 18.3. The predicted molar refractivity (Wildman–Crippen MR) is 126 cm³/mol. The quantitative estimate of drug-likeness (QED) is 0.750. The second kappa shape index (κ2) is 10.3. The van der Waals surface area contributed by atoms with Crippen LogP contribution in [0.4, 0.5) is 0 Å². The molecule has 1 aromatic heterocycles.